The van der Waals surface area contributed by atoms with Crippen molar-refractivity contribution in [1.29, 1.82) is 0 Å². The van der Waals surface area contributed by atoms with Crippen LogP contribution in [0.15, 0.2) is 40.7 Å². The molecule has 0 bridgehead atoms. The number of fused-ring (bicyclic) bond motifs is 1. The molecule has 2 aromatic rings. The van der Waals surface area contributed by atoms with Gasteiger partial charge in [-0.2, -0.15) is 0 Å². The van der Waals surface area contributed by atoms with E-state index in [-0.39, 0.29) is 5.54 Å². The smallest absolute Gasteiger partial charge is 0.155 e. The molecule has 1 aromatic heterocycles. The number of thiophene rings is 1. The van der Waals surface area contributed by atoms with Gasteiger partial charge in [0.05, 0.1) is 5.54 Å². The number of hydrogen-bond donors (Lipinski definition) is 1. The van der Waals surface area contributed by atoms with Gasteiger partial charge in [0.2, 0.25) is 0 Å². The average molecular weight is 393 g/mol. The second-order valence-corrected chi connectivity index (χ2v) is 10.9. The summed E-state index contributed by atoms with van der Waals surface area (Å²) < 4.78 is 0.314. The van der Waals surface area contributed by atoms with Gasteiger partial charge < -0.3 is 5.73 Å². The molecule has 1 spiro atoms. The minimum Gasteiger partial charge on any atom is -0.378 e. The van der Waals surface area contributed by atoms with Crippen molar-refractivity contribution in [3.05, 3.63) is 46.2 Å². The highest BCUT2D eigenvalue weighted by molar-refractivity contribution is 8.15. The van der Waals surface area contributed by atoms with E-state index in [0.717, 1.165) is 29.0 Å². The first-order valence-corrected chi connectivity index (χ1v) is 11.3. The van der Waals surface area contributed by atoms with Crippen LogP contribution < -0.4 is 5.73 Å². The lowest BCUT2D eigenvalue weighted by atomic mass is 9.84. The average Bonchev–Trinajstić information content (AvgIpc) is 3.04. The lowest BCUT2D eigenvalue weighted by Gasteiger charge is -2.41. The summed E-state index contributed by atoms with van der Waals surface area (Å²) in [4.78, 5) is 6.27. The third-order valence-corrected chi connectivity index (χ3v) is 8.67. The Morgan fingerprint density at radius 2 is 2.00 bits per heavy atom. The maximum atomic E-state index is 6.34. The van der Waals surface area contributed by atoms with Crippen molar-refractivity contribution < 1.29 is 0 Å². The fourth-order valence-corrected chi connectivity index (χ4v) is 7.76. The van der Waals surface area contributed by atoms with Crippen LogP contribution in [0, 0.1) is 23.7 Å². The minimum absolute atomic E-state index is 0.199. The first-order valence-electron chi connectivity index (χ1n) is 9.65. The second-order valence-electron chi connectivity index (χ2n) is 8.51. The van der Waals surface area contributed by atoms with Gasteiger partial charge in [0.15, 0.2) is 5.17 Å². The van der Waals surface area contributed by atoms with Gasteiger partial charge >= 0.3 is 0 Å². The molecule has 5 rings (SSSR count). The van der Waals surface area contributed by atoms with Crippen LogP contribution in [0.4, 0.5) is 0 Å². The summed E-state index contributed by atoms with van der Waals surface area (Å²) in [6.07, 6.45) is 5.20. The van der Waals surface area contributed by atoms with Crippen molar-refractivity contribution in [2.24, 2.45) is 22.6 Å². The fraction of sp³-hybridized carbons (Fsp3) is 0.435. The van der Waals surface area contributed by atoms with Gasteiger partial charge in [-0.25, -0.2) is 0 Å². The summed E-state index contributed by atoms with van der Waals surface area (Å²) >= 11 is 3.67. The van der Waals surface area contributed by atoms with Gasteiger partial charge in [0.25, 0.3) is 0 Å². The van der Waals surface area contributed by atoms with Gasteiger partial charge in [0.1, 0.15) is 0 Å². The molecule has 1 aliphatic heterocycles. The van der Waals surface area contributed by atoms with Crippen LogP contribution in [0.25, 0.3) is 11.1 Å². The maximum Gasteiger partial charge on any atom is 0.155 e. The molecule has 0 amide bonds. The van der Waals surface area contributed by atoms with E-state index < -0.39 is 0 Å². The van der Waals surface area contributed by atoms with Gasteiger partial charge in [-0.1, -0.05) is 29.8 Å². The second kappa shape index (κ2) is 6.15. The minimum atomic E-state index is -0.199. The molecule has 27 heavy (non-hydrogen) atoms. The van der Waals surface area contributed by atoms with Crippen molar-refractivity contribution in [3.63, 3.8) is 0 Å². The molecule has 3 aliphatic rings. The van der Waals surface area contributed by atoms with E-state index in [1.807, 2.05) is 30.0 Å². The molecule has 1 aromatic carbocycles. The molecule has 0 radical (unpaired) electrons. The van der Waals surface area contributed by atoms with Crippen LogP contribution in [-0.4, -0.2) is 9.91 Å². The standard InChI is InChI=1S/C23H24N2S2/c1-3-5-15-6-4-7-16(8-15)19-10-20(26-13-19)22(2)14-23(27-21(24)25-22)11-17-9-18(17)12-23/h4,6-8,10,13,17-18H,9,11-12,14H2,1-2H3,(H2,24,25). The number of aliphatic imine (C=N–C) groups is 1. The third-order valence-electron chi connectivity index (χ3n) is 6.28. The van der Waals surface area contributed by atoms with E-state index in [9.17, 15) is 0 Å². The predicted octanol–water partition coefficient (Wildman–Crippen LogP) is 5.62. The van der Waals surface area contributed by atoms with Crippen LogP contribution in [0.5, 0.6) is 0 Å². The predicted molar refractivity (Wildman–Crippen MR) is 117 cm³/mol. The van der Waals surface area contributed by atoms with Gasteiger partial charge in [0, 0.05) is 15.2 Å². The number of nitrogens with zero attached hydrogens (tertiary/aromatic N) is 1. The van der Waals surface area contributed by atoms with Crippen LogP contribution in [0.2, 0.25) is 0 Å². The molecule has 3 unspecified atom stereocenters. The number of rotatable bonds is 2. The molecule has 0 saturated heterocycles. The molecule has 2 aliphatic carbocycles. The van der Waals surface area contributed by atoms with Crippen molar-refractivity contribution in [2.45, 2.75) is 49.8 Å². The summed E-state index contributed by atoms with van der Waals surface area (Å²) in [5.41, 5.74) is 9.68. The molecule has 4 heteroatoms. The fourth-order valence-electron chi connectivity index (χ4n) is 5.10. The Kier molecular flexibility index (Phi) is 3.97. The third kappa shape index (κ3) is 3.11. The Morgan fingerprint density at radius 3 is 2.78 bits per heavy atom. The molecule has 2 fully saturated rings. The van der Waals surface area contributed by atoms with E-state index in [2.05, 4.69) is 54.5 Å². The topological polar surface area (TPSA) is 38.4 Å². The van der Waals surface area contributed by atoms with Crippen molar-refractivity contribution in [2.75, 3.05) is 0 Å². The molecule has 2 heterocycles. The Labute approximate surface area is 169 Å². The van der Waals surface area contributed by atoms with E-state index >= 15 is 0 Å². The quantitative estimate of drug-likeness (QED) is 0.673. The first kappa shape index (κ1) is 17.4. The Morgan fingerprint density at radius 1 is 1.19 bits per heavy atom. The van der Waals surface area contributed by atoms with Gasteiger partial charge in [-0.3, -0.25) is 4.99 Å². The Bertz CT molecular complexity index is 983. The Hall–Kier alpha value is -1.70. The highest BCUT2D eigenvalue weighted by Gasteiger charge is 2.58. The zero-order valence-corrected chi connectivity index (χ0v) is 17.4. The lowest BCUT2D eigenvalue weighted by molar-refractivity contribution is 0.363. The van der Waals surface area contributed by atoms with Gasteiger partial charge in [-0.15, -0.1) is 17.3 Å². The molecular formula is C23H24N2S2. The summed E-state index contributed by atoms with van der Waals surface area (Å²) in [6.45, 7) is 4.16. The van der Waals surface area contributed by atoms with Crippen molar-refractivity contribution in [1.82, 2.24) is 0 Å². The van der Waals surface area contributed by atoms with E-state index in [1.165, 1.54) is 35.3 Å². The summed E-state index contributed by atoms with van der Waals surface area (Å²) in [5.74, 6) is 8.04. The number of benzene rings is 1. The van der Waals surface area contributed by atoms with Gasteiger partial charge in [-0.05, 0) is 86.1 Å². The first-order chi connectivity index (χ1) is 13.0. The van der Waals surface area contributed by atoms with Crippen LogP contribution in [-0.2, 0) is 5.54 Å². The van der Waals surface area contributed by atoms with Crippen molar-refractivity contribution in [3.8, 4) is 23.0 Å². The van der Waals surface area contributed by atoms with Crippen LogP contribution >= 0.6 is 23.1 Å². The molecular weight excluding hydrogens is 368 g/mol. The van der Waals surface area contributed by atoms with E-state index in [0.29, 0.717) is 4.75 Å². The zero-order chi connectivity index (χ0) is 18.6. The Balaban J connectivity index is 1.47. The summed E-state index contributed by atoms with van der Waals surface area (Å²) in [7, 11) is 0. The molecule has 2 N–H and O–H groups in total. The summed E-state index contributed by atoms with van der Waals surface area (Å²) in [5, 5.41) is 3.03. The van der Waals surface area contributed by atoms with E-state index in [4.69, 9.17) is 10.7 Å². The van der Waals surface area contributed by atoms with Crippen LogP contribution in [0.3, 0.4) is 0 Å². The SMILES string of the molecule is CC#Cc1cccc(-c2csc(C3(C)CC4(CC5CC5C4)SC(N)=N3)c2)c1. The number of amidine groups is 1. The molecule has 3 atom stereocenters. The van der Waals surface area contributed by atoms with E-state index in [1.54, 1.807) is 0 Å². The normalized spacial score (nSPS) is 33.9. The lowest BCUT2D eigenvalue weighted by Crippen LogP contribution is -2.40. The largest absolute Gasteiger partial charge is 0.378 e. The molecule has 138 valence electrons. The number of hydrogen-bond acceptors (Lipinski definition) is 4. The maximum absolute atomic E-state index is 6.34. The zero-order valence-electron chi connectivity index (χ0n) is 15.8. The number of thioether (sulfide) groups is 1. The highest BCUT2D eigenvalue weighted by atomic mass is 32.2. The van der Waals surface area contributed by atoms with Crippen LogP contribution in [0.1, 0.15) is 50.0 Å². The molecule has 2 saturated carbocycles. The number of nitrogens with two attached hydrogens (primary N) is 1. The monoisotopic (exact) mass is 392 g/mol. The van der Waals surface area contributed by atoms with Crippen molar-refractivity contribution >= 4 is 28.3 Å². The highest BCUT2D eigenvalue weighted by Crippen LogP contribution is 2.64. The molecule has 2 nitrogen and oxygen atoms in total. The summed E-state index contributed by atoms with van der Waals surface area (Å²) in [6, 6.07) is 10.8.